The van der Waals surface area contributed by atoms with Crippen LogP contribution in [0.4, 0.5) is 0 Å². The Bertz CT molecular complexity index is 628. The number of ether oxygens (including phenoxy) is 1. The maximum absolute atomic E-state index is 6.21. The van der Waals surface area contributed by atoms with Crippen LogP contribution in [-0.2, 0) is 6.54 Å². The molecule has 21 heavy (non-hydrogen) atoms. The van der Waals surface area contributed by atoms with Crippen molar-refractivity contribution < 1.29 is 4.74 Å². The molecule has 0 unspecified atom stereocenters. The lowest BCUT2D eigenvalue weighted by atomic mass is 10.1. The van der Waals surface area contributed by atoms with Crippen molar-refractivity contribution in [1.82, 2.24) is 5.32 Å². The van der Waals surface area contributed by atoms with Crippen LogP contribution < -0.4 is 10.1 Å². The van der Waals surface area contributed by atoms with Gasteiger partial charge in [-0.15, -0.1) is 0 Å². The van der Waals surface area contributed by atoms with Crippen LogP contribution in [0.3, 0.4) is 0 Å². The molecule has 0 heterocycles. The lowest BCUT2D eigenvalue weighted by molar-refractivity contribution is 0.477. The third-order valence-corrected chi connectivity index (χ3v) is 3.87. The van der Waals surface area contributed by atoms with E-state index in [1.807, 2.05) is 25.1 Å². The molecule has 2 aromatic rings. The van der Waals surface area contributed by atoms with Gasteiger partial charge in [-0.2, -0.15) is 0 Å². The van der Waals surface area contributed by atoms with Crippen LogP contribution in [-0.4, -0.2) is 6.04 Å². The molecule has 0 bridgehead atoms. The van der Waals surface area contributed by atoms with E-state index in [1.54, 1.807) is 0 Å². The number of hydrogen-bond acceptors (Lipinski definition) is 2. The Hall–Kier alpha value is -1.03. The normalized spacial score (nSPS) is 11.0. The summed E-state index contributed by atoms with van der Waals surface area (Å²) in [5, 5.41) is 4.00. The number of rotatable bonds is 5. The lowest BCUT2D eigenvalue weighted by Crippen LogP contribution is -2.21. The van der Waals surface area contributed by atoms with Gasteiger partial charge < -0.3 is 10.1 Å². The van der Waals surface area contributed by atoms with E-state index in [-0.39, 0.29) is 0 Å². The van der Waals surface area contributed by atoms with Crippen molar-refractivity contribution in [3.63, 3.8) is 0 Å². The molecule has 0 saturated carbocycles. The largest absolute Gasteiger partial charge is 0.456 e. The average molecular weight is 369 g/mol. The molecule has 0 fully saturated rings. The SMILES string of the molecule is Cc1ccc(CNC(C)C)cc1Oc1ccc(Br)cc1Cl. The van der Waals surface area contributed by atoms with E-state index in [0.29, 0.717) is 16.8 Å². The Morgan fingerprint density at radius 1 is 1.14 bits per heavy atom. The van der Waals surface area contributed by atoms with Gasteiger partial charge in [0.15, 0.2) is 0 Å². The van der Waals surface area contributed by atoms with Crippen LogP contribution in [0, 0.1) is 6.92 Å². The number of nitrogens with one attached hydrogen (secondary N) is 1. The van der Waals surface area contributed by atoms with Crippen LogP contribution in [0.2, 0.25) is 5.02 Å². The molecule has 0 spiro atoms. The first-order chi connectivity index (χ1) is 9.95. The first-order valence-electron chi connectivity index (χ1n) is 6.91. The highest BCUT2D eigenvalue weighted by Gasteiger charge is 2.07. The Balaban J connectivity index is 2.20. The van der Waals surface area contributed by atoms with E-state index >= 15 is 0 Å². The van der Waals surface area contributed by atoms with Crippen molar-refractivity contribution in [2.75, 3.05) is 0 Å². The molecule has 2 aromatic carbocycles. The Kier molecular flexibility index (Phi) is 5.68. The van der Waals surface area contributed by atoms with Crippen molar-refractivity contribution in [3.8, 4) is 11.5 Å². The predicted molar refractivity (Wildman–Crippen MR) is 92.4 cm³/mol. The van der Waals surface area contributed by atoms with E-state index in [1.165, 1.54) is 5.56 Å². The van der Waals surface area contributed by atoms with Gasteiger partial charge in [0, 0.05) is 17.1 Å². The van der Waals surface area contributed by atoms with Gasteiger partial charge in [0.2, 0.25) is 0 Å². The minimum absolute atomic E-state index is 0.455. The molecular weight excluding hydrogens is 350 g/mol. The zero-order chi connectivity index (χ0) is 15.4. The Morgan fingerprint density at radius 3 is 2.57 bits per heavy atom. The van der Waals surface area contributed by atoms with Crippen molar-refractivity contribution >= 4 is 27.5 Å². The zero-order valence-corrected chi connectivity index (χ0v) is 14.8. The molecule has 0 atom stereocenters. The second kappa shape index (κ2) is 7.30. The summed E-state index contributed by atoms with van der Waals surface area (Å²) in [6, 6.07) is 12.3. The molecule has 2 rings (SSSR count). The molecule has 0 aliphatic rings. The van der Waals surface area contributed by atoms with Crippen LogP contribution in [0.15, 0.2) is 40.9 Å². The van der Waals surface area contributed by atoms with Gasteiger partial charge in [-0.1, -0.05) is 53.5 Å². The minimum atomic E-state index is 0.455. The number of aryl methyl sites for hydroxylation is 1. The molecule has 0 aliphatic carbocycles. The smallest absolute Gasteiger partial charge is 0.146 e. The molecule has 112 valence electrons. The highest BCUT2D eigenvalue weighted by atomic mass is 79.9. The average Bonchev–Trinajstić information content (AvgIpc) is 2.42. The summed E-state index contributed by atoms with van der Waals surface area (Å²) in [7, 11) is 0. The van der Waals surface area contributed by atoms with Crippen molar-refractivity contribution in [1.29, 1.82) is 0 Å². The summed E-state index contributed by atoms with van der Waals surface area (Å²) in [6.45, 7) is 7.12. The molecule has 0 saturated heterocycles. The number of benzene rings is 2. The number of hydrogen-bond donors (Lipinski definition) is 1. The fourth-order valence-corrected chi connectivity index (χ4v) is 2.57. The molecule has 0 aliphatic heterocycles. The van der Waals surface area contributed by atoms with Gasteiger partial charge in [-0.25, -0.2) is 0 Å². The molecule has 0 radical (unpaired) electrons. The summed E-state index contributed by atoms with van der Waals surface area (Å²) < 4.78 is 6.90. The van der Waals surface area contributed by atoms with Crippen LogP contribution in [0.1, 0.15) is 25.0 Å². The van der Waals surface area contributed by atoms with E-state index < -0.39 is 0 Å². The standard InChI is InChI=1S/C17H19BrClNO/c1-11(2)20-10-13-5-4-12(3)17(8-13)21-16-7-6-14(18)9-15(16)19/h4-9,11,20H,10H2,1-3H3. The van der Waals surface area contributed by atoms with Gasteiger partial charge in [-0.05, 0) is 42.3 Å². The maximum atomic E-state index is 6.21. The molecule has 0 amide bonds. The summed E-state index contributed by atoms with van der Waals surface area (Å²) in [5.41, 5.74) is 2.28. The Morgan fingerprint density at radius 2 is 1.90 bits per heavy atom. The van der Waals surface area contributed by atoms with Crippen molar-refractivity contribution in [3.05, 3.63) is 57.0 Å². The summed E-state index contributed by atoms with van der Waals surface area (Å²) in [4.78, 5) is 0. The predicted octanol–water partition coefficient (Wildman–Crippen LogP) is 5.70. The van der Waals surface area contributed by atoms with Crippen molar-refractivity contribution in [2.24, 2.45) is 0 Å². The first-order valence-corrected chi connectivity index (χ1v) is 8.08. The molecule has 2 nitrogen and oxygen atoms in total. The van der Waals surface area contributed by atoms with E-state index in [2.05, 4.69) is 53.3 Å². The molecule has 1 N–H and O–H groups in total. The first kappa shape index (κ1) is 16.3. The summed E-state index contributed by atoms with van der Waals surface area (Å²) >= 11 is 9.60. The van der Waals surface area contributed by atoms with E-state index in [0.717, 1.165) is 22.3 Å². The number of halogens is 2. The quantitative estimate of drug-likeness (QED) is 0.730. The highest BCUT2D eigenvalue weighted by molar-refractivity contribution is 9.10. The van der Waals surface area contributed by atoms with Gasteiger partial charge in [0.25, 0.3) is 0 Å². The highest BCUT2D eigenvalue weighted by Crippen LogP contribution is 2.33. The Labute approximate surface area is 139 Å². The fraction of sp³-hybridized carbons (Fsp3) is 0.294. The summed E-state index contributed by atoms with van der Waals surface area (Å²) in [6.07, 6.45) is 0. The van der Waals surface area contributed by atoms with E-state index in [4.69, 9.17) is 16.3 Å². The van der Waals surface area contributed by atoms with Gasteiger partial charge in [-0.3, -0.25) is 0 Å². The zero-order valence-electron chi connectivity index (χ0n) is 12.4. The third-order valence-electron chi connectivity index (χ3n) is 3.08. The molecule has 0 aromatic heterocycles. The van der Waals surface area contributed by atoms with Crippen LogP contribution in [0.5, 0.6) is 11.5 Å². The molecule has 4 heteroatoms. The second-order valence-corrected chi connectivity index (χ2v) is 6.64. The van der Waals surface area contributed by atoms with E-state index in [9.17, 15) is 0 Å². The third kappa shape index (κ3) is 4.73. The van der Waals surface area contributed by atoms with Gasteiger partial charge in [0.1, 0.15) is 11.5 Å². The summed E-state index contributed by atoms with van der Waals surface area (Å²) in [5.74, 6) is 1.50. The van der Waals surface area contributed by atoms with Gasteiger partial charge >= 0.3 is 0 Å². The topological polar surface area (TPSA) is 21.3 Å². The van der Waals surface area contributed by atoms with Crippen LogP contribution in [0.25, 0.3) is 0 Å². The monoisotopic (exact) mass is 367 g/mol. The fourth-order valence-electron chi connectivity index (χ4n) is 1.86. The van der Waals surface area contributed by atoms with Crippen molar-refractivity contribution in [2.45, 2.75) is 33.4 Å². The van der Waals surface area contributed by atoms with Gasteiger partial charge in [0.05, 0.1) is 5.02 Å². The lowest BCUT2D eigenvalue weighted by Gasteiger charge is -2.13. The maximum Gasteiger partial charge on any atom is 0.146 e. The second-order valence-electron chi connectivity index (χ2n) is 5.31. The van der Waals surface area contributed by atoms with Crippen LogP contribution >= 0.6 is 27.5 Å². The minimum Gasteiger partial charge on any atom is -0.456 e. The molecular formula is C17H19BrClNO.